The van der Waals surface area contributed by atoms with Gasteiger partial charge in [0.1, 0.15) is 0 Å². The SMILES string of the molecule is Cc1ccc(N2c3cc(C)cc4[c]3[Ge]3([CH3])[c]5c2cc(C)cc5N(c2ccc(C)cc2)c2c5[c]6c(c([c]23)O4)Oc2cc(C)cc3[c]2[Ge]6([CH3])[c]2c(cc(C)cc2N5c2ccc(C)cc2)N3c2ccc(C)cc2)cc1. The summed E-state index contributed by atoms with van der Waals surface area (Å²) in [5.74, 6) is 9.11. The fourth-order valence-electron chi connectivity index (χ4n) is 13.8. The Morgan fingerprint density at radius 2 is 0.528 bits per heavy atom. The quantitative estimate of drug-likeness (QED) is 0.163. The topological polar surface area (TPSA) is 31.4 Å². The number of nitrogens with zero attached hydrogens (tertiary/aromatic N) is 4. The van der Waals surface area contributed by atoms with Crippen LogP contribution in [0.15, 0.2) is 146 Å². The van der Waals surface area contributed by atoms with Crippen LogP contribution in [0, 0.1) is 55.4 Å². The number of aryl methyl sites for hydroxylation is 8. The predicted octanol–water partition coefficient (Wildman–Crippen LogP) is 13.7. The second kappa shape index (κ2) is 14.3. The standard InChI is InChI=1S/C64H54Ge2N4O2/c1-35-11-19-43(20-12-35)67-47-27-39(5)29-49-55(47)65(9)57-51(67)31-41(7)33-53(57)71-63-59(65)61(69(49)45-23-15-37(3)16-24-45)62-60-64(63)72-54-34-42(8)32-52-58(54)66(60,10)56-48(68(52)44-21-13-36(2)14-22-44)28-40(6)30-50(56)70(62)46-25-17-38(4)18-26-46/h11-34H,1-10H3. The van der Waals surface area contributed by atoms with Gasteiger partial charge in [-0.2, -0.15) is 0 Å². The molecule has 6 nitrogen and oxygen atoms in total. The van der Waals surface area contributed by atoms with E-state index in [-0.39, 0.29) is 0 Å². The summed E-state index contributed by atoms with van der Waals surface area (Å²) in [4.78, 5) is 10.4. The molecular weight excluding hydrogens is 1000 g/mol. The van der Waals surface area contributed by atoms with E-state index >= 15 is 0 Å². The molecule has 0 spiro atoms. The third kappa shape index (κ3) is 5.31. The summed E-state index contributed by atoms with van der Waals surface area (Å²) in [6.07, 6.45) is 0. The Morgan fingerprint density at radius 1 is 0.278 bits per heavy atom. The second-order valence-electron chi connectivity index (χ2n) is 21.9. The Balaban J connectivity index is 1.16. The molecule has 0 saturated heterocycles. The Labute approximate surface area is 427 Å². The molecule has 0 aromatic heterocycles. The van der Waals surface area contributed by atoms with Gasteiger partial charge in [0.2, 0.25) is 0 Å². The first-order valence-corrected chi connectivity index (χ1v) is 35.9. The number of anilines is 12. The zero-order valence-corrected chi connectivity index (χ0v) is 46.7. The van der Waals surface area contributed by atoms with Gasteiger partial charge in [0.15, 0.2) is 0 Å². The fraction of sp³-hybridized carbons (Fsp3) is 0.156. The molecule has 350 valence electrons. The molecule has 0 fully saturated rings. The summed E-state index contributed by atoms with van der Waals surface area (Å²) in [6, 6.07) is 56.1. The molecule has 6 aliphatic rings. The number of hydrogen-bond donors (Lipinski definition) is 0. The van der Waals surface area contributed by atoms with Crippen molar-refractivity contribution in [3.05, 3.63) is 190 Å². The van der Waals surface area contributed by atoms with Gasteiger partial charge in [-0.15, -0.1) is 0 Å². The van der Waals surface area contributed by atoms with Crippen LogP contribution in [0.2, 0.25) is 11.5 Å². The minimum atomic E-state index is -3.89. The van der Waals surface area contributed by atoms with Gasteiger partial charge in [0.25, 0.3) is 0 Å². The third-order valence-corrected chi connectivity index (χ3v) is 35.6. The van der Waals surface area contributed by atoms with Crippen molar-refractivity contribution in [2.24, 2.45) is 0 Å². The van der Waals surface area contributed by atoms with Crippen molar-refractivity contribution in [3.8, 4) is 23.0 Å². The van der Waals surface area contributed by atoms with E-state index in [2.05, 4.69) is 232 Å². The fourth-order valence-corrected chi connectivity index (χ4v) is 33.8. The van der Waals surface area contributed by atoms with E-state index < -0.39 is 26.5 Å². The molecule has 6 aliphatic heterocycles. The van der Waals surface area contributed by atoms with Crippen LogP contribution in [0.5, 0.6) is 23.0 Å². The molecule has 6 heterocycles. The molecule has 9 aromatic carbocycles. The van der Waals surface area contributed by atoms with Crippen LogP contribution in [-0.4, -0.2) is 26.5 Å². The molecule has 2 atom stereocenters. The van der Waals surface area contributed by atoms with Gasteiger partial charge in [0.05, 0.1) is 0 Å². The first kappa shape index (κ1) is 42.5. The van der Waals surface area contributed by atoms with Crippen LogP contribution in [-0.2, 0) is 0 Å². The molecular formula is C64H54Ge2N4O2. The first-order valence-electron chi connectivity index (χ1n) is 25.4. The normalized spacial score (nSPS) is 18.4. The van der Waals surface area contributed by atoms with Gasteiger partial charge >= 0.3 is 430 Å². The maximum atomic E-state index is 7.87. The van der Waals surface area contributed by atoms with Crippen molar-refractivity contribution in [2.75, 3.05) is 19.6 Å². The van der Waals surface area contributed by atoms with Crippen molar-refractivity contribution in [3.63, 3.8) is 0 Å². The summed E-state index contributed by atoms with van der Waals surface area (Å²) in [5, 5.41) is 0. The summed E-state index contributed by atoms with van der Waals surface area (Å²) in [5.41, 5.74) is 24.3. The number of fused-ring (bicyclic) bond motifs is 2. The van der Waals surface area contributed by atoms with Crippen molar-refractivity contribution in [1.82, 2.24) is 0 Å². The molecule has 0 radical (unpaired) electrons. The van der Waals surface area contributed by atoms with Gasteiger partial charge in [0, 0.05) is 0 Å². The number of benzene rings is 9. The number of rotatable bonds is 4. The average molecular weight is 1060 g/mol. The molecule has 2 unspecified atom stereocenters. The summed E-state index contributed by atoms with van der Waals surface area (Å²) in [7, 11) is 0. The molecule has 0 N–H and O–H groups in total. The maximum absolute atomic E-state index is 7.87. The molecule has 0 aliphatic carbocycles. The zero-order chi connectivity index (χ0) is 49.0. The molecule has 0 bridgehead atoms. The van der Waals surface area contributed by atoms with Crippen LogP contribution >= 0.6 is 0 Å². The molecule has 15 rings (SSSR count). The van der Waals surface area contributed by atoms with Crippen molar-refractivity contribution < 1.29 is 9.47 Å². The average Bonchev–Trinajstić information content (AvgIpc) is 3.33. The van der Waals surface area contributed by atoms with Crippen molar-refractivity contribution >= 4 is 121 Å². The summed E-state index contributed by atoms with van der Waals surface area (Å²) in [6.45, 7) is 17.8. The molecule has 0 amide bonds. The molecule has 8 heteroatoms. The first-order chi connectivity index (χ1) is 34.7. The van der Waals surface area contributed by atoms with Crippen molar-refractivity contribution in [1.29, 1.82) is 0 Å². The van der Waals surface area contributed by atoms with Gasteiger partial charge < -0.3 is 0 Å². The van der Waals surface area contributed by atoms with Crippen LogP contribution in [0.3, 0.4) is 0 Å². The van der Waals surface area contributed by atoms with Gasteiger partial charge in [-0.1, -0.05) is 0 Å². The van der Waals surface area contributed by atoms with E-state index in [4.69, 9.17) is 9.47 Å². The van der Waals surface area contributed by atoms with Gasteiger partial charge in [-0.05, 0) is 0 Å². The van der Waals surface area contributed by atoms with E-state index in [1.165, 1.54) is 116 Å². The summed E-state index contributed by atoms with van der Waals surface area (Å²) >= 11 is -7.79. The van der Waals surface area contributed by atoms with E-state index in [0.29, 0.717) is 0 Å². The summed E-state index contributed by atoms with van der Waals surface area (Å²) < 4.78 is 24.0. The molecule has 9 aromatic rings. The minimum absolute atomic E-state index is 0.913. The van der Waals surface area contributed by atoms with Crippen LogP contribution in [0.25, 0.3) is 0 Å². The van der Waals surface area contributed by atoms with E-state index in [1.807, 2.05) is 0 Å². The third-order valence-electron chi connectivity index (χ3n) is 16.8. The second-order valence-corrected chi connectivity index (χ2v) is 37.6. The zero-order valence-electron chi connectivity index (χ0n) is 42.5. The monoisotopic (exact) mass is 1060 g/mol. The Morgan fingerprint density at radius 3 is 0.833 bits per heavy atom. The molecule has 72 heavy (non-hydrogen) atoms. The van der Waals surface area contributed by atoms with Gasteiger partial charge in [-0.3, -0.25) is 0 Å². The number of ether oxygens (including phenoxy) is 2. The van der Waals surface area contributed by atoms with E-state index in [1.54, 1.807) is 0 Å². The Hall–Kier alpha value is -7.13. The van der Waals surface area contributed by atoms with Crippen LogP contribution in [0.1, 0.15) is 44.5 Å². The Kier molecular flexibility index (Phi) is 8.45. The van der Waals surface area contributed by atoms with Crippen molar-refractivity contribution in [2.45, 2.75) is 66.9 Å². The number of hydrogen-bond acceptors (Lipinski definition) is 6. The van der Waals surface area contributed by atoms with Crippen LogP contribution in [0.4, 0.5) is 68.2 Å². The Bertz CT molecular complexity index is 3690. The predicted molar refractivity (Wildman–Crippen MR) is 304 cm³/mol. The van der Waals surface area contributed by atoms with E-state index in [9.17, 15) is 0 Å². The van der Waals surface area contributed by atoms with E-state index in [0.717, 1.165) is 45.7 Å². The van der Waals surface area contributed by atoms with Gasteiger partial charge in [-0.25, -0.2) is 0 Å². The van der Waals surface area contributed by atoms with Crippen LogP contribution < -0.4 is 55.4 Å². The molecule has 0 saturated carbocycles.